The topological polar surface area (TPSA) is 38.8 Å². The van der Waals surface area contributed by atoms with Crippen molar-refractivity contribution in [2.75, 3.05) is 33.4 Å². The summed E-state index contributed by atoms with van der Waals surface area (Å²) < 4.78 is 10.2. The molecule has 0 aromatic heterocycles. The molecule has 0 saturated carbocycles. The van der Waals surface area contributed by atoms with E-state index in [1.54, 1.807) is 0 Å². The smallest absolute Gasteiger partial charge is 0.309 e. The number of esters is 1. The average Bonchev–Trinajstić information content (AvgIpc) is 2.82. The van der Waals surface area contributed by atoms with Crippen molar-refractivity contribution in [1.82, 2.24) is 4.90 Å². The second-order valence-electron chi connectivity index (χ2n) is 4.37. The maximum Gasteiger partial charge on any atom is 0.309 e. The molecule has 0 amide bonds. The van der Waals surface area contributed by atoms with Crippen LogP contribution in [0.25, 0.3) is 0 Å². The van der Waals surface area contributed by atoms with Crippen molar-refractivity contribution in [3.63, 3.8) is 0 Å². The van der Waals surface area contributed by atoms with Gasteiger partial charge in [-0.15, -0.1) is 0 Å². The molecule has 2 aliphatic heterocycles. The van der Waals surface area contributed by atoms with Gasteiger partial charge in [0.1, 0.15) is 0 Å². The van der Waals surface area contributed by atoms with Gasteiger partial charge in [-0.25, -0.2) is 0 Å². The lowest BCUT2D eigenvalue weighted by atomic mass is 9.96. The van der Waals surface area contributed by atoms with Crippen LogP contribution in [-0.2, 0) is 14.3 Å². The Morgan fingerprint density at radius 3 is 3.00 bits per heavy atom. The summed E-state index contributed by atoms with van der Waals surface area (Å²) in [4.78, 5) is 13.8. The first-order valence-electron chi connectivity index (χ1n) is 5.71. The molecule has 4 nitrogen and oxygen atoms in total. The summed E-state index contributed by atoms with van der Waals surface area (Å²) in [5.74, 6) is 0.0166. The number of piperidine rings is 1. The molecule has 2 atom stereocenters. The third-order valence-corrected chi connectivity index (χ3v) is 3.41. The lowest BCUT2D eigenvalue weighted by molar-refractivity contribution is -0.147. The van der Waals surface area contributed by atoms with Gasteiger partial charge in [-0.05, 0) is 25.8 Å². The van der Waals surface area contributed by atoms with Crippen molar-refractivity contribution < 1.29 is 14.3 Å². The monoisotopic (exact) mass is 213 g/mol. The van der Waals surface area contributed by atoms with Crippen molar-refractivity contribution in [2.24, 2.45) is 5.92 Å². The van der Waals surface area contributed by atoms with E-state index in [4.69, 9.17) is 9.47 Å². The largest absolute Gasteiger partial charge is 0.469 e. The maximum absolute atomic E-state index is 11.4. The Morgan fingerprint density at radius 2 is 2.33 bits per heavy atom. The average molecular weight is 213 g/mol. The van der Waals surface area contributed by atoms with Gasteiger partial charge in [0.25, 0.3) is 0 Å². The zero-order chi connectivity index (χ0) is 10.7. The normalized spacial score (nSPS) is 32.9. The molecule has 0 spiro atoms. The van der Waals surface area contributed by atoms with Gasteiger partial charge in [0.15, 0.2) is 0 Å². The Hall–Kier alpha value is -0.610. The van der Waals surface area contributed by atoms with Crippen LogP contribution in [0.5, 0.6) is 0 Å². The molecule has 2 rings (SSSR count). The molecule has 0 aromatic rings. The number of carbonyl (C=O) groups is 1. The van der Waals surface area contributed by atoms with Crippen LogP contribution in [0.2, 0.25) is 0 Å². The van der Waals surface area contributed by atoms with E-state index < -0.39 is 0 Å². The van der Waals surface area contributed by atoms with Crippen molar-refractivity contribution in [2.45, 2.75) is 25.3 Å². The highest BCUT2D eigenvalue weighted by Gasteiger charge is 2.31. The molecule has 2 aliphatic rings. The number of nitrogens with zero attached hydrogens (tertiary/aromatic N) is 1. The van der Waals surface area contributed by atoms with E-state index in [1.807, 2.05) is 0 Å². The van der Waals surface area contributed by atoms with Gasteiger partial charge < -0.3 is 9.47 Å². The molecule has 0 aromatic carbocycles. The molecule has 0 aliphatic carbocycles. The summed E-state index contributed by atoms with van der Waals surface area (Å²) in [6.07, 6.45) is 3.17. The summed E-state index contributed by atoms with van der Waals surface area (Å²) in [5.41, 5.74) is 0. The standard InChI is InChI=1S/C11H19NO3/c1-14-11(13)9-3-2-5-12(7-9)10-4-6-15-8-10/h9-10H,2-8H2,1H3/t9-,10?/m0/s1. The summed E-state index contributed by atoms with van der Waals surface area (Å²) in [5, 5.41) is 0. The zero-order valence-corrected chi connectivity index (χ0v) is 9.28. The van der Waals surface area contributed by atoms with Crippen LogP contribution in [0, 0.1) is 5.92 Å². The lowest BCUT2D eigenvalue weighted by Gasteiger charge is -2.34. The molecule has 4 heteroatoms. The third-order valence-electron chi connectivity index (χ3n) is 3.41. The van der Waals surface area contributed by atoms with Crippen LogP contribution in [0.4, 0.5) is 0 Å². The second-order valence-corrected chi connectivity index (χ2v) is 4.37. The first-order chi connectivity index (χ1) is 7.31. The van der Waals surface area contributed by atoms with Crippen LogP contribution in [0.3, 0.4) is 0 Å². The second kappa shape index (κ2) is 4.94. The first kappa shape index (κ1) is 10.9. The fourth-order valence-corrected chi connectivity index (χ4v) is 2.51. The predicted molar refractivity (Wildman–Crippen MR) is 55.5 cm³/mol. The van der Waals surface area contributed by atoms with Gasteiger partial charge in [-0.3, -0.25) is 9.69 Å². The number of likely N-dealkylation sites (tertiary alicyclic amines) is 1. The number of hydrogen-bond donors (Lipinski definition) is 0. The summed E-state index contributed by atoms with van der Waals surface area (Å²) in [6, 6.07) is 0.525. The minimum absolute atomic E-state index is 0.0568. The van der Waals surface area contributed by atoms with E-state index in [9.17, 15) is 4.79 Å². The van der Waals surface area contributed by atoms with E-state index >= 15 is 0 Å². The number of hydrogen-bond acceptors (Lipinski definition) is 4. The highest BCUT2D eigenvalue weighted by molar-refractivity contribution is 5.72. The minimum atomic E-state index is -0.0568. The van der Waals surface area contributed by atoms with E-state index in [0.29, 0.717) is 6.04 Å². The molecule has 2 heterocycles. The van der Waals surface area contributed by atoms with E-state index in [2.05, 4.69) is 4.90 Å². The molecular formula is C11H19NO3. The minimum Gasteiger partial charge on any atom is -0.469 e. The lowest BCUT2D eigenvalue weighted by Crippen LogP contribution is -2.45. The van der Waals surface area contributed by atoms with Crippen molar-refractivity contribution in [1.29, 1.82) is 0 Å². The molecule has 2 saturated heterocycles. The van der Waals surface area contributed by atoms with Crippen molar-refractivity contribution >= 4 is 5.97 Å². The zero-order valence-electron chi connectivity index (χ0n) is 9.28. The number of rotatable bonds is 2. The Balaban J connectivity index is 1.88. The Labute approximate surface area is 90.5 Å². The highest BCUT2D eigenvalue weighted by Crippen LogP contribution is 2.22. The van der Waals surface area contributed by atoms with Gasteiger partial charge in [0, 0.05) is 19.2 Å². The summed E-state index contributed by atoms with van der Waals surface area (Å²) >= 11 is 0. The van der Waals surface area contributed by atoms with Gasteiger partial charge in [0.2, 0.25) is 0 Å². The SMILES string of the molecule is COC(=O)[C@H]1CCCN(C2CCOC2)C1. The van der Waals surface area contributed by atoms with Crippen LogP contribution in [-0.4, -0.2) is 50.3 Å². The Kier molecular flexibility index (Phi) is 3.59. The van der Waals surface area contributed by atoms with Crippen LogP contribution < -0.4 is 0 Å². The molecular weight excluding hydrogens is 194 g/mol. The van der Waals surface area contributed by atoms with Crippen LogP contribution in [0.15, 0.2) is 0 Å². The number of methoxy groups -OCH3 is 1. The molecule has 0 radical (unpaired) electrons. The summed E-state index contributed by atoms with van der Waals surface area (Å²) in [7, 11) is 1.47. The Bertz CT molecular complexity index is 226. The molecule has 2 fully saturated rings. The van der Waals surface area contributed by atoms with Gasteiger partial charge in [-0.2, -0.15) is 0 Å². The third kappa shape index (κ3) is 2.49. The predicted octanol–water partition coefficient (Wildman–Crippen LogP) is 0.660. The van der Waals surface area contributed by atoms with Crippen molar-refractivity contribution in [3.8, 4) is 0 Å². The van der Waals surface area contributed by atoms with Crippen LogP contribution in [0.1, 0.15) is 19.3 Å². The van der Waals surface area contributed by atoms with Gasteiger partial charge >= 0.3 is 5.97 Å². The first-order valence-corrected chi connectivity index (χ1v) is 5.71. The summed E-state index contributed by atoms with van der Waals surface area (Å²) in [6.45, 7) is 3.64. The quantitative estimate of drug-likeness (QED) is 0.632. The number of carbonyl (C=O) groups excluding carboxylic acids is 1. The van der Waals surface area contributed by atoms with E-state index in [-0.39, 0.29) is 11.9 Å². The van der Waals surface area contributed by atoms with Crippen LogP contribution >= 0.6 is 0 Å². The fourth-order valence-electron chi connectivity index (χ4n) is 2.51. The molecule has 86 valence electrons. The van der Waals surface area contributed by atoms with E-state index in [1.165, 1.54) is 7.11 Å². The maximum atomic E-state index is 11.4. The molecule has 1 unspecified atom stereocenters. The fraction of sp³-hybridized carbons (Fsp3) is 0.909. The molecule has 15 heavy (non-hydrogen) atoms. The van der Waals surface area contributed by atoms with Gasteiger partial charge in [-0.1, -0.05) is 0 Å². The molecule has 0 N–H and O–H groups in total. The van der Waals surface area contributed by atoms with E-state index in [0.717, 1.165) is 45.6 Å². The Morgan fingerprint density at radius 1 is 1.47 bits per heavy atom. The highest BCUT2D eigenvalue weighted by atomic mass is 16.5. The molecule has 0 bridgehead atoms. The number of ether oxygens (including phenoxy) is 2. The van der Waals surface area contributed by atoms with Crippen molar-refractivity contribution in [3.05, 3.63) is 0 Å². The van der Waals surface area contributed by atoms with Gasteiger partial charge in [0.05, 0.1) is 19.6 Å².